The first kappa shape index (κ1) is 20.1. The lowest BCUT2D eigenvalue weighted by Gasteiger charge is -2.55. The fraction of sp³-hybridized carbons (Fsp3) is 0.474. The number of ether oxygens (including phenoxy) is 1. The van der Waals surface area contributed by atoms with Gasteiger partial charge in [-0.1, -0.05) is 5.16 Å². The lowest BCUT2D eigenvalue weighted by atomic mass is 9.66. The number of morpholine rings is 1. The number of nitrogens with one attached hydrogen (secondary N) is 2. The Kier molecular flexibility index (Phi) is 4.25. The third-order valence-electron chi connectivity index (χ3n) is 6.20. The molecule has 5 rings (SSSR count). The summed E-state index contributed by atoms with van der Waals surface area (Å²) in [5, 5.41) is 8.39. The van der Waals surface area contributed by atoms with E-state index in [2.05, 4.69) is 15.8 Å². The lowest BCUT2D eigenvalue weighted by Crippen LogP contribution is -2.75. The van der Waals surface area contributed by atoms with Crippen molar-refractivity contribution >= 4 is 45.3 Å². The highest BCUT2D eigenvalue weighted by Crippen LogP contribution is 2.49. The zero-order valence-corrected chi connectivity index (χ0v) is 17.7. The number of benzene rings is 1. The molecule has 1 aromatic carbocycles. The van der Waals surface area contributed by atoms with Crippen molar-refractivity contribution < 1.29 is 32.2 Å². The number of barbiturate groups is 1. The van der Waals surface area contributed by atoms with Crippen LogP contribution in [-0.2, 0) is 31.5 Å². The third kappa shape index (κ3) is 2.61. The summed E-state index contributed by atoms with van der Waals surface area (Å²) in [6, 6.07) is -0.209. The van der Waals surface area contributed by atoms with E-state index in [4.69, 9.17) is 9.26 Å². The molecule has 4 atom stereocenters. The Balaban J connectivity index is 1.80. The predicted octanol–water partition coefficient (Wildman–Crippen LogP) is 0.595. The van der Waals surface area contributed by atoms with Crippen LogP contribution < -0.4 is 15.5 Å². The fourth-order valence-corrected chi connectivity index (χ4v) is 5.74. The van der Waals surface area contributed by atoms with Gasteiger partial charge in [0.25, 0.3) is 0 Å². The van der Waals surface area contributed by atoms with Gasteiger partial charge in [-0.3, -0.25) is 24.4 Å². The van der Waals surface area contributed by atoms with Gasteiger partial charge in [-0.25, -0.2) is 9.18 Å². The van der Waals surface area contributed by atoms with E-state index in [1.807, 2.05) is 0 Å². The maximum absolute atomic E-state index is 15.7. The van der Waals surface area contributed by atoms with Crippen LogP contribution in [0.15, 0.2) is 15.6 Å². The van der Waals surface area contributed by atoms with Gasteiger partial charge >= 0.3 is 6.03 Å². The van der Waals surface area contributed by atoms with Gasteiger partial charge in [0.1, 0.15) is 0 Å². The number of imide groups is 2. The molecule has 2 aromatic rings. The van der Waals surface area contributed by atoms with Gasteiger partial charge in [-0.2, -0.15) is 0 Å². The Bertz CT molecular complexity index is 1180. The van der Waals surface area contributed by atoms with Crippen molar-refractivity contribution in [3.8, 4) is 0 Å². The van der Waals surface area contributed by atoms with Crippen LogP contribution >= 0.6 is 0 Å². The minimum atomic E-state index is -1.72. The summed E-state index contributed by atoms with van der Waals surface area (Å²) in [5.74, 6) is -2.24. The van der Waals surface area contributed by atoms with Crippen molar-refractivity contribution in [3.63, 3.8) is 0 Å². The number of amides is 4. The van der Waals surface area contributed by atoms with E-state index in [9.17, 15) is 18.6 Å². The monoisotopic (exact) mass is 450 g/mol. The minimum absolute atomic E-state index is 0.0734. The summed E-state index contributed by atoms with van der Waals surface area (Å²) < 4.78 is 38.8. The number of fused-ring (bicyclic) bond motifs is 5. The third-order valence-corrected chi connectivity index (χ3v) is 7.04. The largest absolute Gasteiger partial charge is 0.372 e. The minimum Gasteiger partial charge on any atom is -0.372 e. The molecule has 0 aliphatic carbocycles. The Morgan fingerprint density at radius 3 is 2.58 bits per heavy atom. The molecule has 164 valence electrons. The number of carbonyl (C=O) groups excluding carboxylic acids is 3. The highest BCUT2D eigenvalue weighted by atomic mass is 32.2. The summed E-state index contributed by atoms with van der Waals surface area (Å²) in [7, 11) is -1.54. The van der Waals surface area contributed by atoms with Gasteiger partial charge in [0.15, 0.2) is 16.3 Å². The van der Waals surface area contributed by atoms with E-state index >= 15 is 4.39 Å². The highest BCUT2D eigenvalue weighted by molar-refractivity contribution is 7.84. The average molecular weight is 450 g/mol. The van der Waals surface area contributed by atoms with Gasteiger partial charge in [-0.05, 0) is 25.5 Å². The second-order valence-corrected chi connectivity index (χ2v) is 9.45. The molecular weight excluding hydrogens is 431 g/mol. The molecule has 3 aliphatic rings. The predicted molar refractivity (Wildman–Crippen MR) is 105 cm³/mol. The second kappa shape index (κ2) is 6.57. The van der Waals surface area contributed by atoms with E-state index in [1.54, 1.807) is 24.8 Å². The van der Waals surface area contributed by atoms with Crippen molar-refractivity contribution in [1.82, 2.24) is 15.8 Å². The first-order valence-electron chi connectivity index (χ1n) is 9.68. The van der Waals surface area contributed by atoms with Crippen molar-refractivity contribution in [2.75, 3.05) is 17.7 Å². The summed E-state index contributed by atoms with van der Waals surface area (Å²) >= 11 is 0. The maximum Gasteiger partial charge on any atom is 0.328 e. The quantitative estimate of drug-likeness (QED) is 0.604. The van der Waals surface area contributed by atoms with Crippen LogP contribution in [0.4, 0.5) is 14.9 Å². The molecular formula is C19H19FN4O6S. The Labute approximate surface area is 177 Å². The van der Waals surface area contributed by atoms with Crippen molar-refractivity contribution in [3.05, 3.63) is 17.4 Å². The number of hydrogen-bond acceptors (Lipinski definition) is 8. The molecule has 4 amide bonds. The molecule has 10 nitrogen and oxygen atoms in total. The normalized spacial score (nSPS) is 28.2. The zero-order valence-electron chi connectivity index (χ0n) is 16.9. The molecule has 31 heavy (non-hydrogen) atoms. The van der Waals surface area contributed by atoms with E-state index in [0.29, 0.717) is 5.56 Å². The number of urea groups is 1. The molecule has 0 bridgehead atoms. The van der Waals surface area contributed by atoms with Crippen molar-refractivity contribution in [1.29, 1.82) is 0 Å². The van der Waals surface area contributed by atoms with Crippen molar-refractivity contribution in [2.45, 2.75) is 43.5 Å². The van der Waals surface area contributed by atoms with Gasteiger partial charge in [-0.15, -0.1) is 0 Å². The highest BCUT2D eigenvalue weighted by Gasteiger charge is 2.63. The molecule has 12 heteroatoms. The lowest BCUT2D eigenvalue weighted by molar-refractivity contribution is -0.153. The number of carbonyl (C=O) groups is 3. The number of anilines is 1. The van der Waals surface area contributed by atoms with Crippen LogP contribution in [0.25, 0.3) is 11.0 Å². The maximum atomic E-state index is 15.7. The summed E-state index contributed by atoms with van der Waals surface area (Å²) in [6.45, 7) is 3.73. The first-order chi connectivity index (χ1) is 14.6. The SMILES string of the molecule is C[C@H]1CN2c3c(cc4c(S(C)=O)noc4c3F)CC3(C(=O)NC(=O)NC3=O)[C@@H]2[C@@H](C)O1. The van der Waals surface area contributed by atoms with Gasteiger partial charge < -0.3 is 14.2 Å². The van der Waals surface area contributed by atoms with E-state index in [0.717, 1.165) is 0 Å². The molecule has 1 spiro atoms. The standard InChI is InChI=1S/C19H19FN4O6S/c1-7-6-24-12-9(4-10-13(11(12)20)30-23-15(10)31(3)28)5-19(14(24)8(2)29-7)16(25)21-18(27)22-17(19)26/h4,7-8,14H,5-6H2,1-3H3,(H2,21,22,25,26,27)/t7-,8+,14-,31?/m0/s1. The van der Waals surface area contributed by atoms with Crippen LogP contribution in [0.3, 0.4) is 0 Å². The fourth-order valence-electron chi connectivity index (χ4n) is 5.13. The molecule has 2 N–H and O–H groups in total. The first-order valence-corrected chi connectivity index (χ1v) is 11.2. The Morgan fingerprint density at radius 1 is 1.26 bits per heavy atom. The van der Waals surface area contributed by atoms with E-state index in [1.165, 1.54) is 6.26 Å². The molecule has 0 radical (unpaired) electrons. The molecule has 4 heterocycles. The summed E-state index contributed by atoms with van der Waals surface area (Å²) in [5.41, 5.74) is -1.31. The topological polar surface area (TPSA) is 131 Å². The molecule has 3 aliphatic heterocycles. The Hall–Kier alpha value is -2.86. The van der Waals surface area contributed by atoms with Crippen molar-refractivity contribution in [2.24, 2.45) is 5.41 Å². The smallest absolute Gasteiger partial charge is 0.328 e. The summed E-state index contributed by atoms with van der Waals surface area (Å²) in [6.07, 6.45) is 0.287. The van der Waals surface area contributed by atoms with Crippen LogP contribution in [-0.4, -0.2) is 58.3 Å². The molecule has 2 saturated heterocycles. The molecule has 1 aromatic heterocycles. The second-order valence-electron chi connectivity index (χ2n) is 8.15. The average Bonchev–Trinajstić information content (AvgIpc) is 3.09. The van der Waals surface area contributed by atoms with Gasteiger partial charge in [0.05, 0.1) is 40.1 Å². The number of halogens is 1. The van der Waals surface area contributed by atoms with Crippen LogP contribution in [0.2, 0.25) is 0 Å². The Morgan fingerprint density at radius 2 is 1.94 bits per heavy atom. The van der Waals surface area contributed by atoms with Crippen LogP contribution in [0.1, 0.15) is 19.4 Å². The number of aromatic nitrogens is 1. The molecule has 2 fully saturated rings. The number of nitrogens with zero attached hydrogens (tertiary/aromatic N) is 2. The van der Waals surface area contributed by atoms with Crippen LogP contribution in [0, 0.1) is 11.2 Å². The van der Waals surface area contributed by atoms with Gasteiger partial charge in [0.2, 0.25) is 17.4 Å². The molecule has 1 unspecified atom stereocenters. The molecule has 0 saturated carbocycles. The number of rotatable bonds is 1. The number of hydrogen-bond donors (Lipinski definition) is 2. The zero-order chi connectivity index (χ0) is 22.2. The summed E-state index contributed by atoms with van der Waals surface area (Å²) in [4.78, 5) is 39.6. The van der Waals surface area contributed by atoms with E-state index in [-0.39, 0.29) is 40.8 Å². The van der Waals surface area contributed by atoms with Gasteiger partial charge in [0, 0.05) is 19.2 Å². The van der Waals surface area contributed by atoms with Crippen LogP contribution in [0.5, 0.6) is 0 Å². The van der Waals surface area contributed by atoms with E-state index < -0.39 is 52.0 Å².